The zero-order valence-corrected chi connectivity index (χ0v) is 16.7. The average molecular weight is 401 g/mol. The van der Waals surface area contributed by atoms with Crippen molar-refractivity contribution < 1.29 is 14.0 Å². The Morgan fingerprint density at radius 1 is 0.933 bits per heavy atom. The number of nitrogens with one attached hydrogen (secondary N) is 1. The quantitative estimate of drug-likeness (QED) is 0.513. The Morgan fingerprint density at radius 3 is 2.10 bits per heavy atom. The van der Waals surface area contributed by atoms with Crippen molar-refractivity contribution in [1.29, 1.82) is 0 Å². The largest absolute Gasteiger partial charge is 0.463 e. The SMILES string of the molecule is Cn1c(C(=O)NCC(=O)N(Cc2ccccc2)Cc2ccccc2)cc2occc21. The molecule has 0 saturated carbocycles. The molecule has 0 fully saturated rings. The van der Waals surface area contributed by atoms with Gasteiger partial charge in [0.15, 0.2) is 5.58 Å². The van der Waals surface area contributed by atoms with Gasteiger partial charge in [-0.1, -0.05) is 60.7 Å². The van der Waals surface area contributed by atoms with Gasteiger partial charge in [0.25, 0.3) is 5.91 Å². The number of furan rings is 1. The molecule has 1 N–H and O–H groups in total. The van der Waals surface area contributed by atoms with Crippen LogP contribution in [0.5, 0.6) is 0 Å². The van der Waals surface area contributed by atoms with Gasteiger partial charge in [0, 0.05) is 32.3 Å². The average Bonchev–Trinajstić information content (AvgIpc) is 3.36. The van der Waals surface area contributed by atoms with Crippen molar-refractivity contribution >= 4 is 22.9 Å². The van der Waals surface area contributed by atoms with E-state index in [9.17, 15) is 9.59 Å². The number of carbonyl (C=O) groups is 2. The van der Waals surface area contributed by atoms with E-state index in [4.69, 9.17) is 4.42 Å². The smallest absolute Gasteiger partial charge is 0.268 e. The Bertz CT molecular complexity index is 1100. The zero-order valence-electron chi connectivity index (χ0n) is 16.7. The predicted molar refractivity (Wildman–Crippen MR) is 115 cm³/mol. The van der Waals surface area contributed by atoms with E-state index in [1.165, 1.54) is 0 Å². The van der Waals surface area contributed by atoms with Gasteiger partial charge in [-0.05, 0) is 11.1 Å². The van der Waals surface area contributed by atoms with E-state index in [-0.39, 0.29) is 18.4 Å². The Hall–Kier alpha value is -3.80. The molecule has 0 radical (unpaired) electrons. The molecule has 30 heavy (non-hydrogen) atoms. The first-order valence-corrected chi connectivity index (χ1v) is 9.78. The molecule has 6 nitrogen and oxygen atoms in total. The van der Waals surface area contributed by atoms with E-state index in [1.54, 1.807) is 34.9 Å². The lowest BCUT2D eigenvalue weighted by Gasteiger charge is -2.23. The number of benzene rings is 2. The van der Waals surface area contributed by atoms with Gasteiger partial charge in [-0.2, -0.15) is 0 Å². The molecule has 2 aromatic carbocycles. The number of amides is 2. The third kappa shape index (κ3) is 4.27. The van der Waals surface area contributed by atoms with E-state index in [2.05, 4.69) is 5.32 Å². The minimum Gasteiger partial charge on any atom is -0.463 e. The lowest BCUT2D eigenvalue weighted by Crippen LogP contribution is -2.40. The van der Waals surface area contributed by atoms with Gasteiger partial charge in [0.1, 0.15) is 5.69 Å². The maximum absolute atomic E-state index is 13.0. The first-order valence-electron chi connectivity index (χ1n) is 9.78. The van der Waals surface area contributed by atoms with Gasteiger partial charge in [-0.15, -0.1) is 0 Å². The van der Waals surface area contributed by atoms with E-state index in [1.807, 2.05) is 60.7 Å². The minimum absolute atomic E-state index is 0.0783. The highest BCUT2D eigenvalue weighted by Crippen LogP contribution is 2.19. The summed E-state index contributed by atoms with van der Waals surface area (Å²) < 4.78 is 7.10. The van der Waals surface area contributed by atoms with E-state index >= 15 is 0 Å². The summed E-state index contributed by atoms with van der Waals surface area (Å²) >= 11 is 0. The molecule has 0 aliphatic carbocycles. The Kier molecular flexibility index (Phi) is 5.66. The van der Waals surface area contributed by atoms with Gasteiger partial charge in [-0.3, -0.25) is 9.59 Å². The van der Waals surface area contributed by atoms with Crippen molar-refractivity contribution in [2.45, 2.75) is 13.1 Å². The Balaban J connectivity index is 1.45. The van der Waals surface area contributed by atoms with Crippen molar-refractivity contribution in [2.75, 3.05) is 6.54 Å². The molecule has 0 saturated heterocycles. The van der Waals surface area contributed by atoms with Crippen molar-refractivity contribution in [3.63, 3.8) is 0 Å². The molecule has 0 aliphatic heterocycles. The zero-order chi connectivity index (χ0) is 20.9. The molecule has 4 aromatic rings. The fraction of sp³-hybridized carbons (Fsp3) is 0.167. The second kappa shape index (κ2) is 8.69. The molecule has 0 unspecified atom stereocenters. The van der Waals surface area contributed by atoms with Crippen LogP contribution in [-0.4, -0.2) is 27.8 Å². The number of nitrogens with zero attached hydrogens (tertiary/aromatic N) is 2. The van der Waals surface area contributed by atoms with Crippen LogP contribution in [0.25, 0.3) is 11.1 Å². The molecule has 2 heterocycles. The highest BCUT2D eigenvalue weighted by Gasteiger charge is 2.19. The van der Waals surface area contributed by atoms with Crippen molar-refractivity contribution in [3.8, 4) is 0 Å². The van der Waals surface area contributed by atoms with Gasteiger partial charge < -0.3 is 19.2 Å². The Morgan fingerprint density at radius 2 is 1.53 bits per heavy atom. The standard InChI is InChI=1S/C24H23N3O3/c1-26-20-12-13-30-22(20)14-21(26)24(29)25-15-23(28)27(16-18-8-4-2-5-9-18)17-19-10-6-3-7-11-19/h2-14H,15-17H2,1H3,(H,25,29). The van der Waals surface area contributed by atoms with E-state index in [0.29, 0.717) is 24.4 Å². The van der Waals surface area contributed by atoms with Crippen LogP contribution in [0, 0.1) is 0 Å². The van der Waals surface area contributed by atoms with Crippen LogP contribution in [0.3, 0.4) is 0 Å². The second-order valence-corrected chi connectivity index (χ2v) is 7.16. The molecule has 0 aliphatic rings. The third-order valence-corrected chi connectivity index (χ3v) is 5.08. The van der Waals surface area contributed by atoms with Crippen LogP contribution in [0.4, 0.5) is 0 Å². The van der Waals surface area contributed by atoms with Gasteiger partial charge >= 0.3 is 0 Å². The monoisotopic (exact) mass is 401 g/mol. The van der Waals surface area contributed by atoms with Crippen LogP contribution in [0.1, 0.15) is 21.6 Å². The molecule has 2 aromatic heterocycles. The van der Waals surface area contributed by atoms with Crippen molar-refractivity contribution in [2.24, 2.45) is 7.05 Å². The summed E-state index contributed by atoms with van der Waals surface area (Å²) in [7, 11) is 1.80. The van der Waals surface area contributed by atoms with Crippen LogP contribution in [0.2, 0.25) is 0 Å². The summed E-state index contributed by atoms with van der Waals surface area (Å²) in [4.78, 5) is 27.4. The number of fused-ring (bicyclic) bond motifs is 1. The molecule has 0 atom stereocenters. The summed E-state index contributed by atoms with van der Waals surface area (Å²) in [5.41, 5.74) is 4.01. The van der Waals surface area contributed by atoms with Crippen LogP contribution in [0.15, 0.2) is 83.5 Å². The molecule has 0 bridgehead atoms. The number of hydrogen-bond donors (Lipinski definition) is 1. The minimum atomic E-state index is -0.309. The summed E-state index contributed by atoms with van der Waals surface area (Å²) in [5.74, 6) is -0.453. The topological polar surface area (TPSA) is 67.5 Å². The first kappa shape index (κ1) is 19.5. The van der Waals surface area contributed by atoms with Crippen molar-refractivity contribution in [1.82, 2.24) is 14.8 Å². The van der Waals surface area contributed by atoms with Crippen molar-refractivity contribution in [3.05, 3.63) is 95.9 Å². The Labute approximate surface area is 174 Å². The fourth-order valence-electron chi connectivity index (χ4n) is 3.47. The summed E-state index contributed by atoms with van der Waals surface area (Å²) in [6.45, 7) is 0.869. The molecular weight excluding hydrogens is 378 g/mol. The summed E-state index contributed by atoms with van der Waals surface area (Å²) in [5, 5.41) is 2.75. The molecule has 0 spiro atoms. The summed E-state index contributed by atoms with van der Waals surface area (Å²) in [6, 6.07) is 23.1. The number of carbonyl (C=O) groups excluding carboxylic acids is 2. The van der Waals surface area contributed by atoms with Gasteiger partial charge in [-0.25, -0.2) is 0 Å². The van der Waals surface area contributed by atoms with Crippen LogP contribution >= 0.6 is 0 Å². The van der Waals surface area contributed by atoms with Gasteiger partial charge in [0.05, 0.1) is 18.3 Å². The fourth-order valence-corrected chi connectivity index (χ4v) is 3.47. The van der Waals surface area contributed by atoms with Crippen LogP contribution in [-0.2, 0) is 24.9 Å². The predicted octanol–water partition coefficient (Wildman–Crippen LogP) is 3.73. The lowest BCUT2D eigenvalue weighted by atomic mass is 10.1. The summed E-state index contributed by atoms with van der Waals surface area (Å²) in [6.07, 6.45) is 1.58. The number of hydrogen-bond acceptors (Lipinski definition) is 3. The first-order chi connectivity index (χ1) is 14.6. The molecular formula is C24H23N3O3. The number of aryl methyl sites for hydroxylation is 1. The molecule has 4 rings (SSSR count). The number of rotatable bonds is 7. The highest BCUT2D eigenvalue weighted by atomic mass is 16.3. The number of aromatic nitrogens is 1. The van der Waals surface area contributed by atoms with E-state index < -0.39 is 0 Å². The molecule has 152 valence electrons. The normalized spacial score (nSPS) is 10.8. The molecule has 2 amide bonds. The van der Waals surface area contributed by atoms with E-state index in [0.717, 1.165) is 16.6 Å². The van der Waals surface area contributed by atoms with Crippen LogP contribution < -0.4 is 5.32 Å². The highest BCUT2D eigenvalue weighted by molar-refractivity contribution is 5.99. The third-order valence-electron chi connectivity index (χ3n) is 5.08. The second-order valence-electron chi connectivity index (χ2n) is 7.16. The maximum Gasteiger partial charge on any atom is 0.268 e. The maximum atomic E-state index is 13.0. The lowest BCUT2D eigenvalue weighted by molar-refractivity contribution is -0.131. The van der Waals surface area contributed by atoms with Gasteiger partial charge in [0.2, 0.25) is 5.91 Å². The molecule has 6 heteroatoms.